The molecule has 0 heterocycles. The zero-order valence-corrected chi connectivity index (χ0v) is 5.42. The molecule has 0 unspecified atom stereocenters. The molecule has 0 aromatic carbocycles. The van der Waals surface area contributed by atoms with Gasteiger partial charge in [0.2, 0.25) is 0 Å². The summed E-state index contributed by atoms with van der Waals surface area (Å²) < 4.78 is 3.46. The predicted octanol–water partition coefficient (Wildman–Crippen LogP) is 0.440. The van der Waals surface area contributed by atoms with Crippen molar-refractivity contribution in [1.82, 2.24) is 5.32 Å². The van der Waals surface area contributed by atoms with Crippen molar-refractivity contribution in [1.29, 1.82) is 0 Å². The largest absolute Gasteiger partial charge is 0.514 e. The lowest BCUT2D eigenvalue weighted by molar-refractivity contribution is 0.111. The normalized spacial score (nSPS) is 8.10. The summed E-state index contributed by atoms with van der Waals surface area (Å²) in [5, 5.41) is 8.25. The third-order valence-electron chi connectivity index (χ3n) is 0.389. The maximum atomic E-state index is 10.1. The van der Waals surface area contributed by atoms with Gasteiger partial charge in [-0.1, -0.05) is 12.6 Å². The van der Waals surface area contributed by atoms with Crippen molar-refractivity contribution in [2.75, 3.05) is 0 Å². The van der Waals surface area contributed by atoms with E-state index in [1.54, 1.807) is 0 Å². The van der Waals surface area contributed by atoms with E-state index < -0.39 is 17.5 Å². The Labute approximate surface area is 60.6 Å². The Morgan fingerprint density at radius 1 is 1.40 bits per heavy atom. The van der Waals surface area contributed by atoms with E-state index in [1.807, 2.05) is 0 Å². The first-order valence-electron chi connectivity index (χ1n) is 1.97. The van der Waals surface area contributed by atoms with Crippen LogP contribution in [-0.2, 0) is 4.74 Å². The van der Waals surface area contributed by atoms with Crippen molar-refractivity contribution < 1.29 is 24.2 Å². The van der Waals surface area contributed by atoms with Crippen molar-refractivity contribution in [3.05, 3.63) is 0 Å². The van der Waals surface area contributed by atoms with Crippen LogP contribution in [0.4, 0.5) is 14.4 Å². The van der Waals surface area contributed by atoms with Gasteiger partial charge in [0.25, 0.3) is 5.24 Å². The molecule has 0 aliphatic carbocycles. The van der Waals surface area contributed by atoms with Crippen molar-refractivity contribution in [3.63, 3.8) is 0 Å². The van der Waals surface area contributed by atoms with E-state index in [4.69, 9.17) is 5.11 Å². The van der Waals surface area contributed by atoms with Crippen LogP contribution in [0.2, 0.25) is 0 Å². The summed E-state index contributed by atoms with van der Waals surface area (Å²) in [4.78, 5) is 29.5. The average molecular weight is 165 g/mol. The molecule has 56 valence electrons. The smallest absolute Gasteiger partial charge is 0.449 e. The van der Waals surface area contributed by atoms with Crippen LogP contribution in [0, 0.1) is 0 Å². The fraction of sp³-hybridized carbons (Fsp3) is 0. The maximum Gasteiger partial charge on any atom is 0.514 e. The van der Waals surface area contributed by atoms with Gasteiger partial charge in [0.05, 0.1) is 0 Å². The van der Waals surface area contributed by atoms with Crippen LogP contribution in [0.3, 0.4) is 0 Å². The van der Waals surface area contributed by atoms with E-state index in [2.05, 4.69) is 17.4 Å². The molecule has 0 bridgehead atoms. The Balaban J connectivity index is 3.65. The lowest BCUT2D eigenvalue weighted by Crippen LogP contribution is -2.28. The number of hydrogen-bond donors (Lipinski definition) is 3. The molecule has 2 amide bonds. The SMILES string of the molecule is O=C(S)NC(=O)OC(=O)O. The number of amides is 2. The van der Waals surface area contributed by atoms with E-state index in [0.717, 1.165) is 0 Å². The van der Waals surface area contributed by atoms with E-state index in [1.165, 1.54) is 5.32 Å². The molecular formula is C3H3NO5S. The number of nitrogens with one attached hydrogen (secondary N) is 1. The molecule has 0 atom stereocenters. The highest BCUT2D eigenvalue weighted by molar-refractivity contribution is 7.96. The van der Waals surface area contributed by atoms with Gasteiger partial charge < -0.3 is 9.84 Å². The van der Waals surface area contributed by atoms with Crippen molar-refractivity contribution in [2.45, 2.75) is 0 Å². The summed E-state index contributed by atoms with van der Waals surface area (Å²) in [7, 11) is 0. The quantitative estimate of drug-likeness (QED) is 0.275. The minimum atomic E-state index is -1.79. The molecule has 0 aromatic rings. The van der Waals surface area contributed by atoms with Gasteiger partial charge in [-0.25, -0.2) is 9.59 Å². The molecule has 2 N–H and O–H groups in total. The molecule has 10 heavy (non-hydrogen) atoms. The zero-order chi connectivity index (χ0) is 8.15. The van der Waals surface area contributed by atoms with Crippen LogP contribution >= 0.6 is 12.6 Å². The van der Waals surface area contributed by atoms with Crippen molar-refractivity contribution in [2.24, 2.45) is 0 Å². The molecule has 0 aliphatic rings. The van der Waals surface area contributed by atoms with Crippen LogP contribution < -0.4 is 5.32 Å². The monoisotopic (exact) mass is 165 g/mol. The van der Waals surface area contributed by atoms with Gasteiger partial charge in [-0.15, -0.1) is 0 Å². The fourth-order valence-electron chi connectivity index (χ4n) is 0.192. The summed E-state index contributed by atoms with van der Waals surface area (Å²) in [6, 6.07) is 0. The first kappa shape index (κ1) is 8.76. The van der Waals surface area contributed by atoms with Crippen LogP contribution in [-0.4, -0.2) is 22.6 Å². The maximum absolute atomic E-state index is 10.1. The minimum Gasteiger partial charge on any atom is -0.449 e. The number of imide groups is 1. The van der Waals surface area contributed by atoms with Crippen LogP contribution in [0.5, 0.6) is 0 Å². The Morgan fingerprint density at radius 3 is 2.20 bits per heavy atom. The number of carbonyl (C=O) groups is 3. The van der Waals surface area contributed by atoms with Gasteiger partial charge in [0, 0.05) is 0 Å². The molecule has 0 radical (unpaired) electrons. The summed E-state index contributed by atoms with van der Waals surface area (Å²) in [6.45, 7) is 0. The number of hydrogen-bond acceptors (Lipinski definition) is 4. The number of alkyl carbamates (subject to hydrolysis) is 1. The van der Waals surface area contributed by atoms with Gasteiger partial charge in [-0.05, 0) is 0 Å². The Kier molecular flexibility index (Phi) is 3.26. The van der Waals surface area contributed by atoms with Crippen molar-refractivity contribution in [3.8, 4) is 0 Å². The van der Waals surface area contributed by atoms with Gasteiger partial charge >= 0.3 is 12.2 Å². The molecule has 0 saturated carbocycles. The van der Waals surface area contributed by atoms with Crippen LogP contribution in [0.1, 0.15) is 0 Å². The second-order valence-electron chi connectivity index (χ2n) is 1.09. The zero-order valence-electron chi connectivity index (χ0n) is 4.53. The number of ether oxygens (including phenoxy) is 1. The second kappa shape index (κ2) is 3.72. The summed E-state index contributed by atoms with van der Waals surface area (Å²) in [5.74, 6) is 0. The minimum absolute atomic E-state index is 0.980. The Morgan fingerprint density at radius 2 is 1.90 bits per heavy atom. The summed E-state index contributed by atoms with van der Waals surface area (Å²) in [5.41, 5.74) is 0. The Bertz CT molecular complexity index is 160. The van der Waals surface area contributed by atoms with Crippen LogP contribution in [0.15, 0.2) is 0 Å². The number of rotatable bonds is 0. The fourth-order valence-corrected chi connectivity index (χ4v) is 0.283. The average Bonchev–Trinajstić information content (AvgIpc) is 1.58. The van der Waals surface area contributed by atoms with Gasteiger partial charge in [0.15, 0.2) is 0 Å². The first-order chi connectivity index (χ1) is 4.52. The van der Waals surface area contributed by atoms with Gasteiger partial charge in [-0.2, -0.15) is 0 Å². The first-order valence-corrected chi connectivity index (χ1v) is 2.42. The van der Waals surface area contributed by atoms with E-state index in [0.29, 0.717) is 0 Å². The Hall–Kier alpha value is -1.24. The lowest BCUT2D eigenvalue weighted by Gasteiger charge is -1.95. The molecule has 0 fully saturated rings. The summed E-state index contributed by atoms with van der Waals surface area (Å²) >= 11 is 3.12. The predicted molar refractivity (Wildman–Crippen MR) is 32.0 cm³/mol. The van der Waals surface area contributed by atoms with Gasteiger partial charge in [-0.3, -0.25) is 10.1 Å². The number of thiol groups is 1. The standard InChI is InChI=1S/C3H3NO5S/c5-1(4-2(6)10)9-3(7)8/h(H,7,8)(H2,4,5,6,10). The van der Waals surface area contributed by atoms with Crippen molar-refractivity contribution >= 4 is 30.1 Å². The highest BCUT2D eigenvalue weighted by atomic mass is 32.1. The molecule has 0 spiro atoms. The number of carbonyl (C=O) groups excluding carboxylic acids is 2. The molecule has 7 heteroatoms. The van der Waals surface area contributed by atoms with E-state index in [-0.39, 0.29) is 0 Å². The molecule has 0 aliphatic heterocycles. The van der Waals surface area contributed by atoms with Crippen LogP contribution in [0.25, 0.3) is 0 Å². The molecule has 0 aromatic heterocycles. The third kappa shape index (κ3) is 4.91. The number of carboxylic acid groups (broad SMARTS) is 1. The highest BCUT2D eigenvalue weighted by Crippen LogP contribution is 1.81. The lowest BCUT2D eigenvalue weighted by atomic mass is 11.0. The molecule has 0 rings (SSSR count). The summed E-state index contributed by atoms with van der Waals surface area (Å²) in [6.07, 6.45) is -3.15. The van der Waals surface area contributed by atoms with E-state index in [9.17, 15) is 14.4 Å². The molecule has 0 saturated heterocycles. The highest BCUT2D eigenvalue weighted by Gasteiger charge is 2.08. The third-order valence-corrected chi connectivity index (χ3v) is 0.501. The van der Waals surface area contributed by atoms with E-state index >= 15 is 0 Å². The topological polar surface area (TPSA) is 92.7 Å². The molecule has 6 nitrogen and oxygen atoms in total. The second-order valence-corrected chi connectivity index (χ2v) is 1.49. The van der Waals surface area contributed by atoms with Gasteiger partial charge in [0.1, 0.15) is 0 Å². The molecular weight excluding hydrogens is 162 g/mol.